The molecule has 0 spiro atoms. The van der Waals surface area contributed by atoms with Crippen molar-refractivity contribution in [2.24, 2.45) is 17.8 Å². The van der Waals surface area contributed by atoms with E-state index in [0.29, 0.717) is 29.2 Å². The Labute approximate surface area is 193 Å². The van der Waals surface area contributed by atoms with Gasteiger partial charge in [-0.3, -0.25) is 14.2 Å². The molecule has 4 aliphatic carbocycles. The number of methoxy groups -OCH3 is 1. The number of fused-ring (bicyclic) bond motifs is 1. The van der Waals surface area contributed by atoms with Gasteiger partial charge in [0, 0.05) is 25.8 Å². The smallest absolute Gasteiger partial charge is 0.262 e. The van der Waals surface area contributed by atoms with Gasteiger partial charge in [-0.05, 0) is 81.8 Å². The highest BCUT2D eigenvalue weighted by Crippen LogP contribution is 2.55. The predicted octanol–water partition coefficient (Wildman–Crippen LogP) is 4.00. The highest BCUT2D eigenvalue weighted by molar-refractivity contribution is 8.00. The van der Waals surface area contributed by atoms with Crippen LogP contribution in [0.3, 0.4) is 0 Å². The maximum Gasteiger partial charge on any atom is 0.262 e. The molecule has 1 aromatic heterocycles. The fraction of sp³-hybridized carbons (Fsp3) is 0.640. The fourth-order valence-corrected chi connectivity index (χ4v) is 7.57. The minimum absolute atomic E-state index is 0.00437. The number of hydrogen-bond acceptors (Lipinski definition) is 5. The summed E-state index contributed by atoms with van der Waals surface area (Å²) in [4.78, 5) is 31.2. The second kappa shape index (κ2) is 8.82. The highest BCUT2D eigenvalue weighted by Gasteiger charge is 2.51. The topological polar surface area (TPSA) is 73.2 Å². The van der Waals surface area contributed by atoms with Gasteiger partial charge in [-0.15, -0.1) is 0 Å². The minimum atomic E-state index is -0.315. The average Bonchev–Trinajstić information content (AvgIpc) is 2.74. The lowest BCUT2D eigenvalue weighted by Crippen LogP contribution is -2.60. The number of aromatic nitrogens is 2. The third kappa shape index (κ3) is 4.21. The normalized spacial score (nSPS) is 29.4. The molecular weight excluding hydrogens is 422 g/mol. The number of thioether (sulfide) groups is 1. The zero-order chi connectivity index (χ0) is 22.3. The van der Waals surface area contributed by atoms with Gasteiger partial charge in [-0.1, -0.05) is 23.9 Å². The Bertz CT molecular complexity index is 1030. The molecule has 1 heterocycles. The minimum Gasteiger partial charge on any atom is -0.385 e. The summed E-state index contributed by atoms with van der Waals surface area (Å²) in [6, 6.07) is 7.43. The van der Waals surface area contributed by atoms with Crippen LogP contribution in [0.25, 0.3) is 10.9 Å². The lowest BCUT2D eigenvalue weighted by Gasteiger charge is -2.57. The number of carbonyl (C=O) groups excluding carboxylic acids is 1. The van der Waals surface area contributed by atoms with Crippen LogP contribution in [0.2, 0.25) is 0 Å². The zero-order valence-electron chi connectivity index (χ0n) is 19.0. The molecule has 4 bridgehead atoms. The second-order valence-corrected chi connectivity index (χ2v) is 11.5. The standard InChI is InChI=1S/C25H33N3O3S/c1-16(22(29)27-25-13-17-10-18(14-25)12-19(11-17)15-25)32-24-26-21-7-4-3-6-20(21)23(30)28(24)8-5-9-31-2/h3-4,6-7,16-19H,5,8-15H2,1-2H3,(H,27,29). The first-order valence-electron chi connectivity index (χ1n) is 11.9. The number of hydrogen-bond donors (Lipinski definition) is 1. The SMILES string of the molecule is COCCCn1c(SC(C)C(=O)NC23CC4CC(CC(C4)C2)C3)nc2ccccc2c1=O. The number of amides is 1. The Kier molecular flexibility index (Phi) is 6.05. The van der Waals surface area contributed by atoms with E-state index in [1.54, 1.807) is 11.7 Å². The number of carbonyl (C=O) groups is 1. The third-order valence-corrected chi connectivity index (χ3v) is 8.72. The van der Waals surface area contributed by atoms with Crippen LogP contribution >= 0.6 is 11.8 Å². The lowest BCUT2D eigenvalue weighted by molar-refractivity contribution is -0.126. The van der Waals surface area contributed by atoms with Gasteiger partial charge in [0.25, 0.3) is 5.56 Å². The summed E-state index contributed by atoms with van der Waals surface area (Å²) in [6.45, 7) is 3.03. The van der Waals surface area contributed by atoms with E-state index in [1.165, 1.54) is 31.0 Å². The lowest BCUT2D eigenvalue weighted by atomic mass is 9.53. The van der Waals surface area contributed by atoms with E-state index in [9.17, 15) is 9.59 Å². The van der Waals surface area contributed by atoms with E-state index in [4.69, 9.17) is 9.72 Å². The van der Waals surface area contributed by atoms with E-state index in [1.807, 2.05) is 31.2 Å². The Balaban J connectivity index is 1.35. The first-order chi connectivity index (χ1) is 15.5. The van der Waals surface area contributed by atoms with E-state index in [0.717, 1.165) is 43.4 Å². The third-order valence-electron chi connectivity index (χ3n) is 7.63. The zero-order valence-corrected chi connectivity index (χ0v) is 19.8. The maximum atomic E-state index is 13.3. The van der Waals surface area contributed by atoms with E-state index < -0.39 is 0 Å². The first kappa shape index (κ1) is 22.0. The van der Waals surface area contributed by atoms with Gasteiger partial charge >= 0.3 is 0 Å². The number of rotatable bonds is 8. The molecule has 0 aliphatic heterocycles. The predicted molar refractivity (Wildman–Crippen MR) is 127 cm³/mol. The van der Waals surface area contributed by atoms with Crippen LogP contribution in [-0.2, 0) is 16.1 Å². The molecule has 4 fully saturated rings. The van der Waals surface area contributed by atoms with Crippen LogP contribution < -0.4 is 10.9 Å². The Morgan fingerprint density at radius 2 is 1.88 bits per heavy atom. The molecule has 4 aliphatic rings. The van der Waals surface area contributed by atoms with Crippen molar-refractivity contribution in [3.63, 3.8) is 0 Å². The van der Waals surface area contributed by atoms with Crippen molar-refractivity contribution in [1.29, 1.82) is 0 Å². The quantitative estimate of drug-likeness (QED) is 0.370. The molecular formula is C25H33N3O3S. The molecule has 0 radical (unpaired) electrons. The molecule has 0 saturated heterocycles. The van der Waals surface area contributed by atoms with Crippen LogP contribution in [0.1, 0.15) is 51.9 Å². The van der Waals surface area contributed by atoms with Gasteiger partial charge in [0.1, 0.15) is 0 Å². The summed E-state index contributed by atoms with van der Waals surface area (Å²) in [5.74, 6) is 2.44. The van der Waals surface area contributed by atoms with Gasteiger partial charge in [-0.25, -0.2) is 4.98 Å². The Hall–Kier alpha value is -1.86. The first-order valence-corrected chi connectivity index (χ1v) is 12.8. The molecule has 7 heteroatoms. The number of nitrogens with one attached hydrogen (secondary N) is 1. The van der Waals surface area contributed by atoms with Crippen molar-refractivity contribution in [1.82, 2.24) is 14.9 Å². The van der Waals surface area contributed by atoms with Crippen molar-refractivity contribution in [2.45, 2.75) is 74.4 Å². The van der Waals surface area contributed by atoms with Gasteiger partial charge < -0.3 is 10.1 Å². The van der Waals surface area contributed by atoms with Gasteiger partial charge in [-0.2, -0.15) is 0 Å². The van der Waals surface area contributed by atoms with Crippen molar-refractivity contribution in [3.05, 3.63) is 34.6 Å². The molecule has 1 unspecified atom stereocenters. The van der Waals surface area contributed by atoms with Gasteiger partial charge in [0.2, 0.25) is 5.91 Å². The average molecular weight is 456 g/mol. The summed E-state index contributed by atoms with van der Waals surface area (Å²) >= 11 is 1.39. The summed E-state index contributed by atoms with van der Waals surface area (Å²) in [6.07, 6.45) is 8.20. The molecule has 6 rings (SSSR count). The molecule has 1 aromatic carbocycles. The Morgan fingerprint density at radius 3 is 2.53 bits per heavy atom. The summed E-state index contributed by atoms with van der Waals surface area (Å²) in [5.41, 5.74) is 0.620. The van der Waals surface area contributed by atoms with Crippen LogP contribution in [0.4, 0.5) is 0 Å². The summed E-state index contributed by atoms with van der Waals surface area (Å²) in [7, 11) is 1.66. The van der Waals surface area contributed by atoms with Crippen molar-refractivity contribution in [3.8, 4) is 0 Å². The fourth-order valence-electron chi connectivity index (χ4n) is 6.64. The molecule has 1 atom stereocenters. The van der Waals surface area contributed by atoms with Crippen molar-refractivity contribution < 1.29 is 9.53 Å². The maximum absolute atomic E-state index is 13.3. The number of nitrogens with zero attached hydrogens (tertiary/aromatic N) is 2. The number of benzene rings is 1. The monoisotopic (exact) mass is 455 g/mol. The summed E-state index contributed by atoms with van der Waals surface area (Å²) < 4.78 is 6.89. The molecule has 4 saturated carbocycles. The molecule has 32 heavy (non-hydrogen) atoms. The number of ether oxygens (including phenoxy) is 1. The van der Waals surface area contributed by atoms with E-state index in [-0.39, 0.29) is 22.3 Å². The van der Waals surface area contributed by atoms with Crippen LogP contribution in [0.5, 0.6) is 0 Å². The summed E-state index contributed by atoms with van der Waals surface area (Å²) in [5, 5.41) is 4.38. The second-order valence-electron chi connectivity index (χ2n) is 10.2. The van der Waals surface area contributed by atoms with Crippen LogP contribution in [0.15, 0.2) is 34.2 Å². The molecule has 172 valence electrons. The van der Waals surface area contributed by atoms with Crippen LogP contribution in [0, 0.1) is 17.8 Å². The van der Waals surface area contributed by atoms with E-state index in [2.05, 4.69) is 5.32 Å². The van der Waals surface area contributed by atoms with Gasteiger partial charge in [0.05, 0.1) is 16.2 Å². The Morgan fingerprint density at radius 1 is 1.22 bits per heavy atom. The number of para-hydroxylation sites is 1. The largest absolute Gasteiger partial charge is 0.385 e. The van der Waals surface area contributed by atoms with Gasteiger partial charge in [0.15, 0.2) is 5.16 Å². The molecule has 1 amide bonds. The van der Waals surface area contributed by atoms with Crippen molar-refractivity contribution in [2.75, 3.05) is 13.7 Å². The molecule has 2 aromatic rings. The van der Waals surface area contributed by atoms with Crippen LogP contribution in [-0.4, -0.2) is 40.0 Å². The van der Waals surface area contributed by atoms with Crippen molar-refractivity contribution >= 4 is 28.6 Å². The molecule has 1 N–H and O–H groups in total. The molecule has 6 nitrogen and oxygen atoms in total. The van der Waals surface area contributed by atoms with E-state index >= 15 is 0 Å². The highest BCUT2D eigenvalue weighted by atomic mass is 32.2.